The summed E-state index contributed by atoms with van der Waals surface area (Å²) in [5.41, 5.74) is 1.01. The van der Waals surface area contributed by atoms with Crippen LogP contribution in [0.1, 0.15) is 20.7 Å². The van der Waals surface area contributed by atoms with Gasteiger partial charge in [-0.25, -0.2) is 4.31 Å². The maximum absolute atomic E-state index is 11.8. The highest BCUT2D eigenvalue weighted by molar-refractivity contribution is 9.09. The minimum atomic E-state index is -0.207. The van der Waals surface area contributed by atoms with Crippen molar-refractivity contribution in [2.24, 2.45) is 0 Å². The Morgan fingerprint density at radius 2 is 1.67 bits per heavy atom. The first-order chi connectivity index (χ1) is 7.25. The van der Waals surface area contributed by atoms with E-state index in [1.165, 1.54) is 16.3 Å². The van der Waals surface area contributed by atoms with E-state index in [4.69, 9.17) is 0 Å². The number of hydrogen-bond acceptors (Lipinski definition) is 3. The molecule has 1 aliphatic rings. The summed E-state index contributed by atoms with van der Waals surface area (Å²) in [6.45, 7) is 0. The summed E-state index contributed by atoms with van der Waals surface area (Å²) in [5, 5.41) is 0.755. The van der Waals surface area contributed by atoms with Gasteiger partial charge in [0.1, 0.15) is 0 Å². The molecule has 0 aromatic heterocycles. The molecule has 0 atom stereocenters. The lowest BCUT2D eigenvalue weighted by molar-refractivity contribution is 0.0777. The molecule has 0 saturated heterocycles. The van der Waals surface area contributed by atoms with Gasteiger partial charge in [-0.05, 0) is 24.1 Å². The van der Waals surface area contributed by atoms with Crippen molar-refractivity contribution < 1.29 is 9.59 Å². The Hall–Kier alpha value is -0.810. The quantitative estimate of drug-likeness (QED) is 0.486. The molecule has 15 heavy (non-hydrogen) atoms. The van der Waals surface area contributed by atoms with Gasteiger partial charge >= 0.3 is 0 Å². The van der Waals surface area contributed by atoms with Crippen molar-refractivity contribution >= 4 is 39.7 Å². The maximum atomic E-state index is 11.8. The van der Waals surface area contributed by atoms with Crippen LogP contribution in [0.4, 0.5) is 0 Å². The van der Waals surface area contributed by atoms with E-state index < -0.39 is 0 Å². The van der Waals surface area contributed by atoms with Gasteiger partial charge in [0.05, 0.1) is 11.1 Å². The molecule has 1 aliphatic heterocycles. The van der Waals surface area contributed by atoms with Gasteiger partial charge in [-0.1, -0.05) is 28.1 Å². The molecule has 0 N–H and O–H groups in total. The topological polar surface area (TPSA) is 37.4 Å². The van der Waals surface area contributed by atoms with E-state index in [9.17, 15) is 9.59 Å². The third kappa shape index (κ3) is 1.81. The van der Waals surface area contributed by atoms with Crippen molar-refractivity contribution in [3.8, 4) is 0 Å². The van der Waals surface area contributed by atoms with Crippen molar-refractivity contribution in [2.45, 2.75) is 0 Å². The third-order valence-corrected chi connectivity index (χ3v) is 3.95. The van der Waals surface area contributed by atoms with Gasteiger partial charge in [0, 0.05) is 11.1 Å². The Kier molecular flexibility index (Phi) is 3.11. The summed E-state index contributed by atoms with van der Waals surface area (Å²) in [4.78, 5) is 23.6. The van der Waals surface area contributed by atoms with Gasteiger partial charge in [-0.15, -0.1) is 0 Å². The molecule has 0 saturated carbocycles. The van der Waals surface area contributed by atoms with E-state index in [1.807, 2.05) is 0 Å². The molecule has 0 aliphatic carbocycles. The molecular formula is C10H8BrNO2S. The SMILES string of the molecule is O=C1c2ccccc2C(=O)N1SCCBr. The Labute approximate surface area is 100 Å². The highest BCUT2D eigenvalue weighted by Crippen LogP contribution is 2.28. The van der Waals surface area contributed by atoms with Crippen LogP contribution < -0.4 is 0 Å². The fraction of sp³-hybridized carbons (Fsp3) is 0.200. The van der Waals surface area contributed by atoms with Crippen LogP contribution in [0.3, 0.4) is 0 Å². The number of hydrogen-bond donors (Lipinski definition) is 0. The van der Waals surface area contributed by atoms with Crippen molar-refractivity contribution in [2.75, 3.05) is 11.1 Å². The Morgan fingerprint density at radius 3 is 2.13 bits per heavy atom. The molecule has 0 fully saturated rings. The van der Waals surface area contributed by atoms with Gasteiger partial charge in [-0.3, -0.25) is 9.59 Å². The first-order valence-corrected chi connectivity index (χ1v) is 6.49. The van der Waals surface area contributed by atoms with Crippen LogP contribution in [0.2, 0.25) is 0 Å². The van der Waals surface area contributed by atoms with E-state index in [0.717, 1.165) is 5.33 Å². The molecule has 1 aromatic rings. The van der Waals surface area contributed by atoms with E-state index in [0.29, 0.717) is 16.9 Å². The number of carbonyl (C=O) groups is 2. The summed E-state index contributed by atoms with van der Waals surface area (Å²) >= 11 is 4.51. The molecular weight excluding hydrogens is 278 g/mol. The minimum Gasteiger partial charge on any atom is -0.268 e. The Balaban J connectivity index is 2.29. The maximum Gasteiger partial charge on any atom is 0.271 e. The number of imide groups is 1. The predicted octanol–water partition coefficient (Wildman–Crippen LogP) is 2.33. The molecule has 0 radical (unpaired) electrons. The van der Waals surface area contributed by atoms with Crippen molar-refractivity contribution in [1.82, 2.24) is 4.31 Å². The average Bonchev–Trinajstić information content (AvgIpc) is 2.51. The smallest absolute Gasteiger partial charge is 0.268 e. The number of amides is 2. The van der Waals surface area contributed by atoms with Crippen LogP contribution in [0, 0.1) is 0 Å². The monoisotopic (exact) mass is 285 g/mol. The number of rotatable bonds is 3. The molecule has 3 nitrogen and oxygen atoms in total. The fourth-order valence-electron chi connectivity index (χ4n) is 1.41. The van der Waals surface area contributed by atoms with Crippen LogP contribution in [0.25, 0.3) is 0 Å². The normalized spacial score (nSPS) is 14.6. The lowest BCUT2D eigenvalue weighted by Gasteiger charge is -2.10. The molecule has 78 valence electrons. The number of alkyl halides is 1. The molecule has 1 aromatic carbocycles. The average molecular weight is 286 g/mol. The van der Waals surface area contributed by atoms with Gasteiger partial charge in [0.2, 0.25) is 0 Å². The number of carbonyl (C=O) groups excluding carboxylic acids is 2. The van der Waals surface area contributed by atoms with E-state index in [2.05, 4.69) is 15.9 Å². The van der Waals surface area contributed by atoms with Gasteiger partial charge in [0.15, 0.2) is 0 Å². The second-order valence-corrected chi connectivity index (χ2v) is 4.80. The lowest BCUT2D eigenvalue weighted by atomic mass is 10.1. The van der Waals surface area contributed by atoms with Crippen LogP contribution in [-0.4, -0.2) is 27.2 Å². The Morgan fingerprint density at radius 1 is 1.13 bits per heavy atom. The summed E-state index contributed by atoms with van der Waals surface area (Å²) in [6, 6.07) is 6.90. The van der Waals surface area contributed by atoms with Crippen molar-refractivity contribution in [3.63, 3.8) is 0 Å². The molecule has 2 rings (SSSR count). The van der Waals surface area contributed by atoms with Crippen LogP contribution >= 0.6 is 27.9 Å². The highest BCUT2D eigenvalue weighted by Gasteiger charge is 2.35. The highest BCUT2D eigenvalue weighted by atomic mass is 79.9. The summed E-state index contributed by atoms with van der Waals surface area (Å²) in [5.74, 6) is 0.286. The van der Waals surface area contributed by atoms with Crippen LogP contribution in [-0.2, 0) is 0 Å². The molecule has 1 heterocycles. The zero-order chi connectivity index (χ0) is 10.8. The number of benzene rings is 1. The predicted molar refractivity (Wildman–Crippen MR) is 63.2 cm³/mol. The minimum absolute atomic E-state index is 0.207. The largest absolute Gasteiger partial charge is 0.271 e. The molecule has 0 bridgehead atoms. The van der Waals surface area contributed by atoms with Gasteiger partial charge in [0.25, 0.3) is 11.8 Å². The van der Waals surface area contributed by atoms with Gasteiger partial charge < -0.3 is 0 Å². The molecule has 0 unspecified atom stereocenters. The summed E-state index contributed by atoms with van der Waals surface area (Å²) in [7, 11) is 0. The number of fused-ring (bicyclic) bond motifs is 1. The van der Waals surface area contributed by atoms with Crippen molar-refractivity contribution in [3.05, 3.63) is 35.4 Å². The summed E-state index contributed by atoms with van der Waals surface area (Å²) in [6.07, 6.45) is 0. The first kappa shape index (κ1) is 10.7. The Bertz CT molecular complexity index is 387. The van der Waals surface area contributed by atoms with E-state index in [-0.39, 0.29) is 11.8 Å². The van der Waals surface area contributed by atoms with Crippen LogP contribution in [0.5, 0.6) is 0 Å². The van der Waals surface area contributed by atoms with Gasteiger partial charge in [-0.2, -0.15) is 0 Å². The third-order valence-electron chi connectivity index (χ3n) is 2.05. The standard InChI is InChI=1S/C10H8BrNO2S/c11-5-6-15-12-9(13)7-3-1-2-4-8(7)10(12)14/h1-4H,5-6H2. The molecule has 5 heteroatoms. The zero-order valence-electron chi connectivity index (χ0n) is 7.77. The second kappa shape index (κ2) is 4.37. The van der Waals surface area contributed by atoms with Crippen LogP contribution in [0.15, 0.2) is 24.3 Å². The lowest BCUT2D eigenvalue weighted by Crippen LogP contribution is -2.22. The molecule has 2 amide bonds. The zero-order valence-corrected chi connectivity index (χ0v) is 10.2. The number of nitrogens with zero attached hydrogens (tertiary/aromatic N) is 1. The first-order valence-electron chi connectivity index (χ1n) is 4.42. The summed E-state index contributed by atoms with van der Waals surface area (Å²) < 4.78 is 1.23. The van der Waals surface area contributed by atoms with E-state index in [1.54, 1.807) is 24.3 Å². The molecule has 0 spiro atoms. The number of halogens is 1. The second-order valence-electron chi connectivity index (χ2n) is 2.97. The van der Waals surface area contributed by atoms with Crippen molar-refractivity contribution in [1.29, 1.82) is 0 Å². The van der Waals surface area contributed by atoms with E-state index >= 15 is 0 Å². The fourth-order valence-corrected chi connectivity index (χ4v) is 2.53.